The zero-order valence-electron chi connectivity index (χ0n) is 16.0. The van der Waals surface area contributed by atoms with E-state index in [2.05, 4.69) is 0 Å². The molecule has 4 N–H and O–H groups in total. The van der Waals surface area contributed by atoms with Crippen molar-refractivity contribution in [1.29, 1.82) is 0 Å². The zero-order chi connectivity index (χ0) is 20.4. The second kappa shape index (κ2) is 11.4. The Morgan fingerprint density at radius 3 is 2.11 bits per heavy atom. The zero-order valence-corrected chi connectivity index (χ0v) is 16.9. The van der Waals surface area contributed by atoms with Crippen LogP contribution < -0.4 is 14.4 Å². The Kier molecular flexibility index (Phi) is 9.99. The van der Waals surface area contributed by atoms with E-state index >= 15 is 0 Å². The molecule has 0 radical (unpaired) electrons. The van der Waals surface area contributed by atoms with Gasteiger partial charge in [-0.1, -0.05) is 6.92 Å². The monoisotopic (exact) mass is 407 g/mol. The van der Waals surface area contributed by atoms with Crippen molar-refractivity contribution in [3.8, 4) is 11.5 Å². The number of nitrogens with one attached hydrogen (secondary N) is 1. The Hall–Kier alpha value is -1.43. The average Bonchev–Trinajstić information content (AvgIpc) is 2.63. The minimum absolute atomic E-state index is 0.0652. The van der Waals surface area contributed by atoms with E-state index in [0.29, 0.717) is 24.6 Å². The lowest BCUT2D eigenvalue weighted by molar-refractivity contribution is -0.904. The SMILES string of the molecule is CCN(C[C@@H](O)C[NH+](CC)C[C@H](O)COc1ccc(OC)cc1)S(=O)(=O)O. The molecule has 0 bridgehead atoms. The van der Waals surface area contributed by atoms with Crippen LogP contribution in [0.4, 0.5) is 0 Å². The molecule has 0 aliphatic carbocycles. The highest BCUT2D eigenvalue weighted by Crippen LogP contribution is 2.16. The highest BCUT2D eigenvalue weighted by molar-refractivity contribution is 7.83. The topological polar surface area (TPSA) is 121 Å². The smallest absolute Gasteiger partial charge is 0.335 e. The molecule has 0 aliphatic rings. The van der Waals surface area contributed by atoms with E-state index in [1.807, 2.05) is 6.92 Å². The van der Waals surface area contributed by atoms with Gasteiger partial charge in [0, 0.05) is 13.1 Å². The van der Waals surface area contributed by atoms with Crippen molar-refractivity contribution in [2.45, 2.75) is 26.1 Å². The first kappa shape index (κ1) is 23.6. The standard InChI is InChI=1S/C17H30N2O7S/c1-4-18(10-14(20)12-19(5-2)27(22,23)24)11-15(21)13-26-17-8-6-16(25-3)7-9-17/h6-9,14-15,20-21H,4-5,10-13H2,1-3H3,(H,22,23,24)/p+1/t14-,15-/m0/s1. The van der Waals surface area contributed by atoms with E-state index < -0.39 is 22.5 Å². The lowest BCUT2D eigenvalue weighted by Gasteiger charge is -2.25. The predicted octanol–water partition coefficient (Wildman–Crippen LogP) is -1.17. The first-order chi connectivity index (χ1) is 12.7. The molecule has 1 aromatic carbocycles. The fraction of sp³-hybridized carbons (Fsp3) is 0.647. The summed E-state index contributed by atoms with van der Waals surface area (Å²) in [5, 5.41) is 20.3. The molecule has 0 spiro atoms. The van der Waals surface area contributed by atoms with Crippen LogP contribution in [0.2, 0.25) is 0 Å². The normalized spacial score (nSPS) is 15.4. The van der Waals surface area contributed by atoms with E-state index in [1.165, 1.54) is 0 Å². The summed E-state index contributed by atoms with van der Waals surface area (Å²) in [4.78, 5) is 0.889. The molecule has 156 valence electrons. The van der Waals surface area contributed by atoms with E-state index in [9.17, 15) is 18.6 Å². The quantitative estimate of drug-likeness (QED) is 0.304. The van der Waals surface area contributed by atoms with Crippen molar-refractivity contribution in [2.24, 2.45) is 0 Å². The van der Waals surface area contributed by atoms with Gasteiger partial charge in [0.2, 0.25) is 0 Å². The summed E-state index contributed by atoms with van der Waals surface area (Å²) in [5.74, 6) is 1.32. The van der Waals surface area contributed by atoms with E-state index in [4.69, 9.17) is 14.0 Å². The summed E-state index contributed by atoms with van der Waals surface area (Å²) >= 11 is 0. The van der Waals surface area contributed by atoms with Crippen LogP contribution >= 0.6 is 0 Å². The first-order valence-electron chi connectivity index (χ1n) is 8.88. The molecule has 3 atom stereocenters. The highest BCUT2D eigenvalue weighted by Gasteiger charge is 2.24. The molecule has 0 saturated carbocycles. The Balaban J connectivity index is 2.46. The molecule has 0 aliphatic heterocycles. The number of hydrogen-bond donors (Lipinski definition) is 4. The van der Waals surface area contributed by atoms with Gasteiger partial charge in [0.25, 0.3) is 0 Å². The Morgan fingerprint density at radius 2 is 1.63 bits per heavy atom. The number of hydrogen-bond acceptors (Lipinski definition) is 6. The Morgan fingerprint density at radius 1 is 1.07 bits per heavy atom. The van der Waals surface area contributed by atoms with Gasteiger partial charge in [-0.05, 0) is 31.2 Å². The third-order valence-electron chi connectivity index (χ3n) is 4.14. The summed E-state index contributed by atoms with van der Waals surface area (Å²) in [6.07, 6.45) is -1.71. The van der Waals surface area contributed by atoms with Crippen molar-refractivity contribution in [3.63, 3.8) is 0 Å². The lowest BCUT2D eigenvalue weighted by Crippen LogP contribution is -3.14. The summed E-state index contributed by atoms with van der Waals surface area (Å²) in [5.41, 5.74) is 0. The maximum Gasteiger partial charge on any atom is 0.335 e. The molecule has 0 saturated heterocycles. The number of methoxy groups -OCH3 is 1. The molecule has 27 heavy (non-hydrogen) atoms. The number of aliphatic hydroxyl groups excluding tert-OH is 2. The minimum Gasteiger partial charge on any atom is -0.497 e. The fourth-order valence-corrected chi connectivity index (χ4v) is 3.33. The van der Waals surface area contributed by atoms with Crippen LogP contribution in [-0.2, 0) is 10.3 Å². The maximum atomic E-state index is 11.2. The molecular weight excluding hydrogens is 376 g/mol. The Bertz CT molecular complexity index is 639. The predicted molar refractivity (Wildman–Crippen MR) is 101 cm³/mol. The summed E-state index contributed by atoms with van der Waals surface area (Å²) in [6.45, 7) is 4.65. The molecule has 10 heteroatoms. The lowest BCUT2D eigenvalue weighted by atomic mass is 10.2. The van der Waals surface area contributed by atoms with Crippen molar-refractivity contribution in [3.05, 3.63) is 24.3 Å². The van der Waals surface area contributed by atoms with Gasteiger partial charge >= 0.3 is 10.3 Å². The third kappa shape index (κ3) is 8.87. The van der Waals surface area contributed by atoms with Crippen LogP contribution in [0.1, 0.15) is 13.8 Å². The highest BCUT2D eigenvalue weighted by atomic mass is 32.2. The number of benzene rings is 1. The van der Waals surface area contributed by atoms with E-state index in [1.54, 1.807) is 38.3 Å². The molecule has 1 aromatic rings. The van der Waals surface area contributed by atoms with Gasteiger partial charge in [0.05, 0.1) is 13.7 Å². The number of nitrogens with zero attached hydrogens (tertiary/aromatic N) is 1. The van der Waals surface area contributed by atoms with Crippen molar-refractivity contribution < 1.29 is 37.6 Å². The van der Waals surface area contributed by atoms with Crippen LogP contribution in [0.25, 0.3) is 0 Å². The van der Waals surface area contributed by atoms with Crippen LogP contribution in [-0.4, -0.2) is 86.1 Å². The van der Waals surface area contributed by atoms with Crippen molar-refractivity contribution in [2.75, 3.05) is 46.4 Å². The summed E-state index contributed by atoms with van der Waals surface area (Å²) in [6, 6.07) is 7.01. The van der Waals surface area contributed by atoms with Gasteiger partial charge < -0.3 is 24.6 Å². The van der Waals surface area contributed by atoms with Crippen LogP contribution in [0, 0.1) is 0 Å². The molecular formula is C17H31N2O7S+. The number of rotatable bonds is 13. The van der Waals surface area contributed by atoms with Gasteiger partial charge in [-0.3, -0.25) is 4.55 Å². The van der Waals surface area contributed by atoms with Crippen molar-refractivity contribution >= 4 is 10.3 Å². The number of likely N-dealkylation sites (N-methyl/N-ethyl adjacent to an activating group) is 2. The minimum atomic E-state index is -4.33. The van der Waals surface area contributed by atoms with Crippen LogP contribution in [0.15, 0.2) is 24.3 Å². The molecule has 1 rings (SSSR count). The van der Waals surface area contributed by atoms with Crippen molar-refractivity contribution in [1.82, 2.24) is 4.31 Å². The molecule has 0 amide bonds. The van der Waals surface area contributed by atoms with Gasteiger partial charge in [-0.15, -0.1) is 0 Å². The fourth-order valence-electron chi connectivity index (χ4n) is 2.65. The second-order valence-corrected chi connectivity index (χ2v) is 7.65. The summed E-state index contributed by atoms with van der Waals surface area (Å²) < 4.78 is 42.9. The largest absolute Gasteiger partial charge is 0.497 e. The van der Waals surface area contributed by atoms with Gasteiger partial charge in [0.1, 0.15) is 43.4 Å². The third-order valence-corrected chi connectivity index (χ3v) is 5.20. The molecule has 0 heterocycles. The molecule has 0 fully saturated rings. The van der Waals surface area contributed by atoms with E-state index in [0.717, 1.165) is 9.21 Å². The van der Waals surface area contributed by atoms with Gasteiger partial charge in [-0.25, -0.2) is 0 Å². The number of quaternary nitrogens is 1. The van der Waals surface area contributed by atoms with E-state index in [-0.39, 0.29) is 26.2 Å². The second-order valence-electron chi connectivity index (χ2n) is 6.23. The molecule has 0 aromatic heterocycles. The summed E-state index contributed by atoms with van der Waals surface area (Å²) in [7, 11) is -2.76. The maximum absolute atomic E-state index is 11.2. The van der Waals surface area contributed by atoms with Gasteiger partial charge in [-0.2, -0.15) is 12.7 Å². The van der Waals surface area contributed by atoms with Gasteiger partial charge in [0.15, 0.2) is 0 Å². The average molecular weight is 408 g/mol. The first-order valence-corrected chi connectivity index (χ1v) is 10.3. The Labute approximate surface area is 161 Å². The molecule has 1 unspecified atom stereocenters. The molecule has 9 nitrogen and oxygen atoms in total. The number of aliphatic hydroxyl groups is 2. The number of ether oxygens (including phenoxy) is 2. The van der Waals surface area contributed by atoms with Crippen LogP contribution in [0.5, 0.6) is 11.5 Å². The van der Waals surface area contributed by atoms with Crippen LogP contribution in [0.3, 0.4) is 0 Å².